The molecule has 0 spiro atoms. The van der Waals surface area contributed by atoms with Crippen LogP contribution >= 0.6 is 0 Å². The normalized spacial score (nSPS) is 12.1. The quantitative estimate of drug-likeness (QED) is 0.157. The summed E-state index contributed by atoms with van der Waals surface area (Å²) in [6, 6.07) is 52.2. The third-order valence-electron chi connectivity index (χ3n) is 12.2. The zero-order chi connectivity index (χ0) is 38.8. The highest BCUT2D eigenvalue weighted by Gasteiger charge is 2.37. The van der Waals surface area contributed by atoms with Gasteiger partial charge in [-0.1, -0.05) is 121 Å². The predicted octanol–water partition coefficient (Wildman–Crippen LogP) is 15.7. The van der Waals surface area contributed by atoms with Gasteiger partial charge in [-0.15, -0.1) is 0 Å². The van der Waals surface area contributed by atoms with Gasteiger partial charge in [-0.3, -0.25) is 0 Å². The Hall–Kier alpha value is -7.30. The number of rotatable bonds is 4. The number of benzene rings is 10. The summed E-state index contributed by atoms with van der Waals surface area (Å²) in [7, 11) is 0. The summed E-state index contributed by atoms with van der Waals surface area (Å²) in [5.74, 6) is -1.23. The lowest BCUT2D eigenvalue weighted by Crippen LogP contribution is -1.94. The Morgan fingerprint density at radius 1 is 0.207 bits per heavy atom. The molecule has 0 N–H and O–H groups in total. The van der Waals surface area contributed by atoms with E-state index in [9.17, 15) is 17.6 Å². The van der Waals surface area contributed by atoms with E-state index in [2.05, 4.69) is 48.5 Å². The van der Waals surface area contributed by atoms with Crippen LogP contribution in [0.4, 0.5) is 17.6 Å². The van der Waals surface area contributed by atoms with Crippen molar-refractivity contribution in [2.75, 3.05) is 0 Å². The Bertz CT molecular complexity index is 2930. The largest absolute Gasteiger partial charge is 0.207 e. The molecule has 0 bridgehead atoms. The van der Waals surface area contributed by atoms with E-state index in [0.29, 0.717) is 0 Å². The third-order valence-corrected chi connectivity index (χ3v) is 12.2. The zero-order valence-corrected chi connectivity index (χ0v) is 30.7. The lowest BCUT2D eigenvalue weighted by atomic mass is 9.81. The molecule has 272 valence electrons. The van der Waals surface area contributed by atoms with Gasteiger partial charge in [0.25, 0.3) is 0 Å². The smallest absolute Gasteiger partial charge is 0.123 e. The second kappa shape index (κ2) is 12.1. The van der Waals surface area contributed by atoms with Crippen molar-refractivity contribution in [1.82, 2.24) is 0 Å². The molecule has 0 amide bonds. The lowest BCUT2D eigenvalue weighted by molar-refractivity contribution is 0.627. The van der Waals surface area contributed by atoms with Crippen LogP contribution in [0.5, 0.6) is 0 Å². The summed E-state index contributed by atoms with van der Waals surface area (Å²) < 4.78 is 58.1. The van der Waals surface area contributed by atoms with Gasteiger partial charge in [0.05, 0.1) is 0 Å². The summed E-state index contributed by atoms with van der Waals surface area (Å²) in [5, 5.41) is 6.25. The molecule has 0 fully saturated rings. The topological polar surface area (TPSA) is 0 Å². The Labute approximate surface area is 330 Å². The standard InChI is InChI=1S/C54H28F4/c55-33-17-9-29(10-18-33)45-37-5-1-2-6-38(37)46(30-11-19-34(56)20-12-30)52-42-27-28-44-50-43(26-25-41(49(42)50)51(45)52)53-47(31-13-21-35(57)22-14-31)39-7-3-4-8-40(39)48(54(44)53)32-15-23-36(58)24-16-32/h1-28H. The molecule has 0 atom stereocenters. The molecule has 2 aliphatic carbocycles. The zero-order valence-electron chi connectivity index (χ0n) is 30.7. The van der Waals surface area contributed by atoms with Crippen LogP contribution in [0.25, 0.3) is 121 Å². The van der Waals surface area contributed by atoms with Crippen LogP contribution < -0.4 is 0 Å². The molecular weight excluding hydrogens is 725 g/mol. The van der Waals surface area contributed by atoms with Gasteiger partial charge < -0.3 is 0 Å². The van der Waals surface area contributed by atoms with Crippen molar-refractivity contribution in [2.45, 2.75) is 0 Å². The monoisotopic (exact) mass is 752 g/mol. The third kappa shape index (κ3) is 4.51. The van der Waals surface area contributed by atoms with Gasteiger partial charge in [-0.2, -0.15) is 0 Å². The predicted molar refractivity (Wildman–Crippen MR) is 229 cm³/mol. The first kappa shape index (κ1) is 32.9. The molecule has 10 aromatic rings. The van der Waals surface area contributed by atoms with Crippen LogP contribution in [-0.4, -0.2) is 0 Å². The van der Waals surface area contributed by atoms with Gasteiger partial charge >= 0.3 is 0 Å². The summed E-state index contributed by atoms with van der Waals surface area (Å²) in [5.41, 5.74) is 16.0. The fraction of sp³-hybridized carbons (Fsp3) is 0. The van der Waals surface area contributed by atoms with Gasteiger partial charge in [0.2, 0.25) is 0 Å². The molecule has 0 unspecified atom stereocenters. The van der Waals surface area contributed by atoms with Gasteiger partial charge in [0, 0.05) is 0 Å². The van der Waals surface area contributed by atoms with Crippen LogP contribution in [0.3, 0.4) is 0 Å². The van der Waals surface area contributed by atoms with E-state index in [1.165, 1.54) is 48.5 Å². The van der Waals surface area contributed by atoms with Crippen molar-refractivity contribution in [2.24, 2.45) is 0 Å². The van der Waals surface area contributed by atoms with Crippen LogP contribution in [0, 0.1) is 23.3 Å². The first-order chi connectivity index (χ1) is 28.4. The molecule has 0 saturated heterocycles. The minimum Gasteiger partial charge on any atom is -0.207 e. The number of hydrogen-bond acceptors (Lipinski definition) is 0. The van der Waals surface area contributed by atoms with Crippen LogP contribution in [0.15, 0.2) is 170 Å². The molecule has 4 heteroatoms. The van der Waals surface area contributed by atoms with E-state index in [1.54, 1.807) is 0 Å². The van der Waals surface area contributed by atoms with E-state index in [4.69, 9.17) is 0 Å². The van der Waals surface area contributed by atoms with E-state index < -0.39 is 0 Å². The minimum absolute atomic E-state index is 0.308. The van der Waals surface area contributed by atoms with E-state index >= 15 is 0 Å². The Balaban J connectivity index is 1.26. The second-order valence-corrected chi connectivity index (χ2v) is 15.2. The van der Waals surface area contributed by atoms with Crippen molar-refractivity contribution in [3.05, 3.63) is 193 Å². The maximum Gasteiger partial charge on any atom is 0.123 e. The minimum atomic E-state index is -0.308. The summed E-state index contributed by atoms with van der Waals surface area (Å²) >= 11 is 0. The van der Waals surface area contributed by atoms with Gasteiger partial charge in [-0.05, 0) is 170 Å². The average Bonchev–Trinajstić information content (AvgIpc) is 3.76. The van der Waals surface area contributed by atoms with Crippen molar-refractivity contribution < 1.29 is 17.6 Å². The first-order valence-electron chi connectivity index (χ1n) is 19.3. The molecule has 0 saturated carbocycles. The molecule has 0 heterocycles. The Morgan fingerprint density at radius 3 is 0.621 bits per heavy atom. The first-order valence-corrected chi connectivity index (χ1v) is 19.3. The maximum atomic E-state index is 14.5. The van der Waals surface area contributed by atoms with Crippen LogP contribution in [-0.2, 0) is 0 Å². The molecule has 58 heavy (non-hydrogen) atoms. The van der Waals surface area contributed by atoms with Crippen molar-refractivity contribution >= 4 is 32.3 Å². The van der Waals surface area contributed by atoms with Gasteiger partial charge in [-0.25, -0.2) is 17.6 Å². The fourth-order valence-corrected chi connectivity index (χ4v) is 9.95. The van der Waals surface area contributed by atoms with E-state index in [1.807, 2.05) is 72.8 Å². The van der Waals surface area contributed by atoms with Crippen LogP contribution in [0.2, 0.25) is 0 Å². The Morgan fingerprint density at radius 2 is 0.414 bits per heavy atom. The summed E-state index contributed by atoms with van der Waals surface area (Å²) in [6.07, 6.45) is 0. The maximum absolute atomic E-state index is 14.5. The SMILES string of the molecule is Fc1ccc(-c2c3c(c(-c4ccc(F)cc4)c4ccccc24)-c2ccc4c5c(ccc-3c25)-c2c-4c(-c3ccc(F)cc3)c3ccccc3c2-c2ccc(F)cc2)cc1. The Kier molecular flexibility index (Phi) is 6.86. The van der Waals surface area contributed by atoms with Crippen molar-refractivity contribution in [1.29, 1.82) is 0 Å². The second-order valence-electron chi connectivity index (χ2n) is 15.2. The summed E-state index contributed by atoms with van der Waals surface area (Å²) in [6.45, 7) is 0. The van der Waals surface area contributed by atoms with Crippen LogP contribution in [0.1, 0.15) is 0 Å². The molecule has 10 aromatic carbocycles. The molecule has 0 aliphatic heterocycles. The van der Waals surface area contributed by atoms with Gasteiger partial charge in [0.15, 0.2) is 0 Å². The van der Waals surface area contributed by atoms with Crippen molar-refractivity contribution in [3.63, 3.8) is 0 Å². The van der Waals surface area contributed by atoms with E-state index in [0.717, 1.165) is 121 Å². The molecule has 0 nitrogen and oxygen atoms in total. The molecule has 2 aliphatic rings. The molecule has 0 radical (unpaired) electrons. The lowest BCUT2D eigenvalue weighted by Gasteiger charge is -2.21. The van der Waals surface area contributed by atoms with E-state index in [-0.39, 0.29) is 23.3 Å². The van der Waals surface area contributed by atoms with Gasteiger partial charge in [0.1, 0.15) is 23.3 Å². The number of fused-ring (bicyclic) bond motifs is 8. The molecular formula is C54H28F4. The number of hydrogen-bond donors (Lipinski definition) is 0. The summed E-state index contributed by atoms with van der Waals surface area (Å²) in [4.78, 5) is 0. The number of halogens is 4. The highest BCUT2D eigenvalue weighted by Crippen LogP contribution is 2.64. The highest BCUT2D eigenvalue weighted by molar-refractivity contribution is 6.35. The average molecular weight is 753 g/mol. The highest BCUT2D eigenvalue weighted by atomic mass is 19.1. The molecule has 0 aromatic heterocycles. The van der Waals surface area contributed by atoms with Crippen molar-refractivity contribution in [3.8, 4) is 89.0 Å². The fourth-order valence-electron chi connectivity index (χ4n) is 9.95. The molecule has 12 rings (SSSR count).